The number of aliphatic hydroxyl groups is 1. The molecule has 1 aliphatic rings. The largest absolute Gasteiger partial charge is 0.481 e. The molecule has 0 bridgehead atoms. The molecule has 0 saturated carbocycles. The van der Waals surface area contributed by atoms with Gasteiger partial charge in [0.1, 0.15) is 0 Å². The molecule has 1 aromatic rings. The summed E-state index contributed by atoms with van der Waals surface area (Å²) in [7, 11) is 3.34. The van der Waals surface area contributed by atoms with Crippen LogP contribution in [0.5, 0.6) is 5.88 Å². The Kier molecular flexibility index (Phi) is 6.61. The topological polar surface area (TPSA) is 88.0 Å². The molecule has 0 amide bonds. The number of hydrogen-bond donors (Lipinski definition) is 3. The third-order valence-corrected chi connectivity index (χ3v) is 4.15. The summed E-state index contributed by atoms with van der Waals surface area (Å²) in [6.07, 6.45) is 3.41. The Balaban J connectivity index is 1.85. The number of guanidine groups is 1. The molecule has 23 heavy (non-hydrogen) atoms. The molecule has 3 N–H and O–H groups in total. The van der Waals surface area contributed by atoms with Gasteiger partial charge in [-0.2, -0.15) is 0 Å². The van der Waals surface area contributed by atoms with Crippen LogP contribution in [0, 0.1) is 5.41 Å². The van der Waals surface area contributed by atoms with Crippen LogP contribution in [0.1, 0.15) is 18.4 Å². The maximum absolute atomic E-state index is 9.27. The molecule has 0 aliphatic carbocycles. The lowest BCUT2D eigenvalue weighted by Crippen LogP contribution is -2.44. The van der Waals surface area contributed by atoms with Crippen LogP contribution in [0.2, 0.25) is 0 Å². The molecule has 2 rings (SSSR count). The minimum atomic E-state index is -0.00768. The van der Waals surface area contributed by atoms with Crippen LogP contribution in [0.3, 0.4) is 0 Å². The Morgan fingerprint density at radius 3 is 3.04 bits per heavy atom. The summed E-state index contributed by atoms with van der Waals surface area (Å²) in [5, 5.41) is 15.9. The van der Waals surface area contributed by atoms with Crippen molar-refractivity contribution < 1.29 is 14.6 Å². The van der Waals surface area contributed by atoms with Crippen molar-refractivity contribution in [3.05, 3.63) is 23.9 Å². The number of hydrogen-bond acceptors (Lipinski definition) is 5. The zero-order valence-corrected chi connectivity index (χ0v) is 13.8. The maximum atomic E-state index is 9.27. The van der Waals surface area contributed by atoms with Gasteiger partial charge in [0.05, 0.1) is 13.7 Å². The molecule has 7 heteroatoms. The molecule has 7 nitrogen and oxygen atoms in total. The van der Waals surface area contributed by atoms with Crippen molar-refractivity contribution in [2.75, 3.05) is 40.5 Å². The van der Waals surface area contributed by atoms with Gasteiger partial charge >= 0.3 is 0 Å². The van der Waals surface area contributed by atoms with Gasteiger partial charge in [-0.1, -0.05) is 0 Å². The quantitative estimate of drug-likeness (QED) is 0.502. The normalized spacial score (nSPS) is 21.3. The van der Waals surface area contributed by atoms with Crippen molar-refractivity contribution in [1.29, 1.82) is 0 Å². The van der Waals surface area contributed by atoms with Gasteiger partial charge in [-0.3, -0.25) is 4.99 Å². The molecule has 0 aromatic carbocycles. The molecule has 0 spiro atoms. The third kappa shape index (κ3) is 5.07. The van der Waals surface area contributed by atoms with Crippen molar-refractivity contribution in [3.8, 4) is 5.88 Å². The highest BCUT2D eigenvalue weighted by molar-refractivity contribution is 5.79. The van der Waals surface area contributed by atoms with Crippen LogP contribution in [0.25, 0.3) is 0 Å². The van der Waals surface area contributed by atoms with Crippen LogP contribution in [-0.4, -0.2) is 56.6 Å². The standard InChI is InChI=1S/C16H26N4O3/c1-17-15(19-10-13-3-6-18-14(9-13)22-2)20-11-16(4-7-21)5-8-23-12-16/h3,6,9,21H,4-5,7-8,10-12H2,1-2H3,(H2,17,19,20). The van der Waals surface area contributed by atoms with E-state index in [1.54, 1.807) is 20.4 Å². The summed E-state index contributed by atoms with van der Waals surface area (Å²) in [5.41, 5.74) is 1.06. The Bertz CT molecular complexity index is 516. The maximum Gasteiger partial charge on any atom is 0.213 e. The van der Waals surface area contributed by atoms with Crippen molar-refractivity contribution in [2.24, 2.45) is 10.4 Å². The van der Waals surface area contributed by atoms with Gasteiger partial charge in [-0.25, -0.2) is 4.98 Å². The zero-order valence-electron chi connectivity index (χ0n) is 13.8. The molecule has 1 unspecified atom stereocenters. The first kappa shape index (κ1) is 17.5. The fraction of sp³-hybridized carbons (Fsp3) is 0.625. The number of aliphatic hydroxyl groups excluding tert-OH is 1. The number of nitrogens with zero attached hydrogens (tertiary/aromatic N) is 2. The summed E-state index contributed by atoms with van der Waals surface area (Å²) < 4.78 is 10.6. The van der Waals surface area contributed by atoms with Crippen LogP contribution >= 0.6 is 0 Å². The van der Waals surface area contributed by atoms with Crippen LogP contribution < -0.4 is 15.4 Å². The van der Waals surface area contributed by atoms with E-state index >= 15 is 0 Å². The predicted octanol–water partition coefficient (Wildman–Crippen LogP) is 0.544. The van der Waals surface area contributed by atoms with Gasteiger partial charge in [-0.05, 0) is 24.5 Å². The minimum absolute atomic E-state index is 0.00768. The van der Waals surface area contributed by atoms with Gasteiger partial charge in [-0.15, -0.1) is 0 Å². The smallest absolute Gasteiger partial charge is 0.213 e. The van der Waals surface area contributed by atoms with E-state index in [1.165, 1.54) is 0 Å². The Labute approximate surface area is 137 Å². The van der Waals surface area contributed by atoms with Gasteiger partial charge in [0, 0.05) is 51.0 Å². The molecule has 1 aromatic heterocycles. The molecule has 128 valence electrons. The third-order valence-electron chi connectivity index (χ3n) is 4.15. The van der Waals surface area contributed by atoms with Gasteiger partial charge in [0.2, 0.25) is 5.88 Å². The summed E-state index contributed by atoms with van der Waals surface area (Å²) in [5.74, 6) is 1.32. The molecule has 1 fully saturated rings. The second-order valence-corrected chi connectivity index (χ2v) is 5.76. The lowest BCUT2D eigenvalue weighted by Gasteiger charge is -2.27. The lowest BCUT2D eigenvalue weighted by molar-refractivity contribution is 0.127. The van der Waals surface area contributed by atoms with Crippen LogP contribution in [0.15, 0.2) is 23.3 Å². The minimum Gasteiger partial charge on any atom is -0.481 e. The summed E-state index contributed by atoms with van der Waals surface area (Å²) in [6, 6.07) is 3.82. The van der Waals surface area contributed by atoms with Crippen molar-refractivity contribution in [3.63, 3.8) is 0 Å². The number of nitrogens with one attached hydrogen (secondary N) is 2. The molecular weight excluding hydrogens is 296 g/mol. The van der Waals surface area contributed by atoms with E-state index in [-0.39, 0.29) is 12.0 Å². The van der Waals surface area contributed by atoms with Gasteiger partial charge in [0.25, 0.3) is 0 Å². The number of rotatable bonds is 7. The highest BCUT2D eigenvalue weighted by Crippen LogP contribution is 2.31. The van der Waals surface area contributed by atoms with Crippen LogP contribution in [0.4, 0.5) is 0 Å². The summed E-state index contributed by atoms with van der Waals surface area (Å²) in [6.45, 7) is 2.96. The van der Waals surface area contributed by atoms with E-state index in [0.29, 0.717) is 19.0 Å². The van der Waals surface area contributed by atoms with E-state index in [9.17, 15) is 5.11 Å². The molecule has 0 radical (unpaired) electrons. The Hall–Kier alpha value is -1.86. The number of methoxy groups -OCH3 is 1. The highest BCUT2D eigenvalue weighted by atomic mass is 16.5. The number of ether oxygens (including phenoxy) is 2. The van der Waals surface area contributed by atoms with E-state index < -0.39 is 0 Å². The summed E-state index contributed by atoms with van der Waals surface area (Å²) in [4.78, 5) is 8.33. The van der Waals surface area contributed by atoms with E-state index in [1.807, 2.05) is 12.1 Å². The van der Waals surface area contributed by atoms with E-state index in [4.69, 9.17) is 9.47 Å². The summed E-state index contributed by atoms with van der Waals surface area (Å²) >= 11 is 0. The lowest BCUT2D eigenvalue weighted by atomic mass is 9.84. The van der Waals surface area contributed by atoms with Gasteiger partial charge < -0.3 is 25.2 Å². The predicted molar refractivity (Wildman–Crippen MR) is 88.6 cm³/mol. The molecular formula is C16H26N4O3. The molecule has 1 atom stereocenters. The average Bonchev–Trinajstić information content (AvgIpc) is 3.04. The number of aromatic nitrogens is 1. The molecule has 1 saturated heterocycles. The first-order chi connectivity index (χ1) is 11.2. The fourth-order valence-electron chi connectivity index (χ4n) is 2.66. The molecule has 2 heterocycles. The monoisotopic (exact) mass is 322 g/mol. The van der Waals surface area contributed by atoms with E-state index in [2.05, 4.69) is 20.6 Å². The SMILES string of the molecule is CN=C(NCc1ccnc(OC)c1)NCC1(CCO)CCOC1. The second-order valence-electron chi connectivity index (χ2n) is 5.76. The average molecular weight is 322 g/mol. The van der Waals surface area contributed by atoms with Crippen molar-refractivity contribution in [1.82, 2.24) is 15.6 Å². The van der Waals surface area contributed by atoms with Gasteiger partial charge in [0.15, 0.2) is 5.96 Å². The second kappa shape index (κ2) is 8.69. The first-order valence-electron chi connectivity index (χ1n) is 7.83. The number of aliphatic imine (C=N–C) groups is 1. The highest BCUT2D eigenvalue weighted by Gasteiger charge is 2.34. The molecule has 1 aliphatic heterocycles. The van der Waals surface area contributed by atoms with Crippen molar-refractivity contribution >= 4 is 5.96 Å². The van der Waals surface area contributed by atoms with Crippen molar-refractivity contribution in [2.45, 2.75) is 19.4 Å². The Morgan fingerprint density at radius 1 is 1.52 bits per heavy atom. The first-order valence-corrected chi connectivity index (χ1v) is 7.83. The Morgan fingerprint density at radius 2 is 2.39 bits per heavy atom. The zero-order chi connectivity index (χ0) is 16.5. The van der Waals surface area contributed by atoms with Crippen LogP contribution in [-0.2, 0) is 11.3 Å². The number of pyridine rings is 1. The fourth-order valence-corrected chi connectivity index (χ4v) is 2.66. The van der Waals surface area contributed by atoms with E-state index in [0.717, 1.165) is 37.5 Å².